The van der Waals surface area contributed by atoms with Gasteiger partial charge in [-0.25, -0.2) is 9.78 Å². The predicted octanol–water partition coefficient (Wildman–Crippen LogP) is 2.62. The Morgan fingerprint density at radius 3 is 2.93 bits per heavy atom. The molecule has 0 fully saturated rings. The maximum atomic E-state index is 12.5. The second-order valence-corrected chi connectivity index (χ2v) is 6.99. The molecule has 1 N–H and O–H groups in total. The highest BCUT2D eigenvalue weighted by atomic mass is 35.5. The van der Waals surface area contributed by atoms with Gasteiger partial charge in [0.15, 0.2) is 10.8 Å². The number of fused-ring (bicyclic) bond motifs is 2. The molecule has 5 aromatic rings. The number of nitriles is 1. The number of benzene rings is 1. The molecular weight excluding hydrogens is 404 g/mol. The second-order valence-electron chi connectivity index (χ2n) is 6.64. The van der Waals surface area contributed by atoms with E-state index in [1.54, 1.807) is 41.5 Å². The van der Waals surface area contributed by atoms with E-state index in [2.05, 4.69) is 31.0 Å². The van der Waals surface area contributed by atoms with Crippen LogP contribution in [0.25, 0.3) is 28.1 Å². The average Bonchev–Trinajstić information content (AvgIpc) is 3.33. The Balaban J connectivity index is 1.63. The monoisotopic (exact) mass is 416 g/mol. The summed E-state index contributed by atoms with van der Waals surface area (Å²) in [5.74, 6) is 0.263. The molecule has 0 amide bonds. The van der Waals surface area contributed by atoms with Crippen LogP contribution < -0.4 is 5.69 Å². The molecule has 5 rings (SSSR count). The number of aryl methyl sites for hydroxylation is 2. The zero-order valence-electron chi connectivity index (χ0n) is 15.4. The van der Waals surface area contributed by atoms with Gasteiger partial charge >= 0.3 is 5.69 Å². The number of halogens is 1. The number of imidazole rings is 2. The average molecular weight is 417 g/mol. The van der Waals surface area contributed by atoms with E-state index in [1.807, 2.05) is 12.1 Å². The summed E-state index contributed by atoms with van der Waals surface area (Å²) in [6.45, 7) is 0.403. The molecule has 1 aromatic carbocycles. The van der Waals surface area contributed by atoms with E-state index in [-0.39, 0.29) is 16.8 Å². The molecule has 0 aliphatic carbocycles. The summed E-state index contributed by atoms with van der Waals surface area (Å²) in [6, 6.07) is 11.1. The minimum absolute atomic E-state index is 0.130. The highest BCUT2D eigenvalue weighted by Gasteiger charge is 2.17. The Morgan fingerprint density at radius 2 is 2.13 bits per heavy atom. The van der Waals surface area contributed by atoms with Crippen LogP contribution in [0, 0.1) is 11.3 Å². The first-order chi connectivity index (χ1) is 14.6. The van der Waals surface area contributed by atoms with Gasteiger partial charge in [-0.05, 0) is 36.2 Å². The van der Waals surface area contributed by atoms with Crippen LogP contribution in [0.1, 0.15) is 11.1 Å². The van der Waals surface area contributed by atoms with Gasteiger partial charge in [0, 0.05) is 18.9 Å². The van der Waals surface area contributed by atoms with Crippen LogP contribution in [0.5, 0.6) is 0 Å². The lowest BCUT2D eigenvalue weighted by molar-refractivity contribution is 0.683. The third kappa shape index (κ3) is 3.00. The summed E-state index contributed by atoms with van der Waals surface area (Å²) in [5, 5.41) is 9.33. The van der Waals surface area contributed by atoms with E-state index in [1.165, 1.54) is 4.57 Å². The molecule has 146 valence electrons. The van der Waals surface area contributed by atoms with Crippen molar-refractivity contribution in [1.29, 1.82) is 5.26 Å². The smallest absolute Gasteiger partial charge is 0.302 e. The number of H-pyrrole nitrogens is 1. The fourth-order valence-corrected chi connectivity index (χ4v) is 3.53. The Labute approximate surface area is 174 Å². The van der Waals surface area contributed by atoms with Crippen molar-refractivity contribution in [3.05, 3.63) is 75.8 Å². The van der Waals surface area contributed by atoms with Crippen LogP contribution in [-0.4, -0.2) is 34.1 Å². The van der Waals surface area contributed by atoms with Gasteiger partial charge in [0.2, 0.25) is 5.95 Å². The van der Waals surface area contributed by atoms with Gasteiger partial charge in [0.1, 0.15) is 11.8 Å². The number of rotatable bonds is 4. The largest absolute Gasteiger partial charge is 0.327 e. The summed E-state index contributed by atoms with van der Waals surface area (Å²) >= 11 is 6.36. The van der Waals surface area contributed by atoms with Crippen molar-refractivity contribution in [3.63, 3.8) is 0 Å². The molecule has 4 heterocycles. The summed E-state index contributed by atoms with van der Waals surface area (Å²) in [4.78, 5) is 32.6. The van der Waals surface area contributed by atoms with Crippen LogP contribution >= 0.6 is 11.6 Å². The van der Waals surface area contributed by atoms with Crippen LogP contribution in [0.4, 0.5) is 0 Å². The molecule has 9 nitrogen and oxygen atoms in total. The Hall–Kier alpha value is -4.03. The molecule has 0 spiro atoms. The summed E-state index contributed by atoms with van der Waals surface area (Å²) in [7, 11) is 0. The summed E-state index contributed by atoms with van der Waals surface area (Å²) in [6.07, 6.45) is 5.64. The molecule has 0 radical (unpaired) electrons. The third-order valence-corrected chi connectivity index (χ3v) is 5.08. The second kappa shape index (κ2) is 7.09. The van der Waals surface area contributed by atoms with E-state index >= 15 is 0 Å². The van der Waals surface area contributed by atoms with Crippen LogP contribution in [-0.2, 0) is 13.0 Å². The number of hydrogen-bond acceptors (Lipinski definition) is 6. The molecule has 0 bridgehead atoms. The van der Waals surface area contributed by atoms with E-state index in [9.17, 15) is 10.1 Å². The van der Waals surface area contributed by atoms with E-state index in [0.717, 1.165) is 5.56 Å². The normalized spacial score (nSPS) is 11.2. The van der Waals surface area contributed by atoms with E-state index < -0.39 is 0 Å². The van der Waals surface area contributed by atoms with Crippen molar-refractivity contribution < 1.29 is 0 Å². The zero-order chi connectivity index (χ0) is 20.7. The number of aromatic nitrogens is 7. The first-order valence-electron chi connectivity index (χ1n) is 9.06. The summed E-state index contributed by atoms with van der Waals surface area (Å²) in [5.41, 5.74) is 3.32. The van der Waals surface area contributed by atoms with Gasteiger partial charge < -0.3 is 4.98 Å². The Morgan fingerprint density at radius 1 is 1.23 bits per heavy atom. The Kier molecular flexibility index (Phi) is 4.26. The maximum Gasteiger partial charge on any atom is 0.327 e. The highest BCUT2D eigenvalue weighted by Crippen LogP contribution is 2.22. The van der Waals surface area contributed by atoms with Crippen molar-refractivity contribution in [2.75, 3.05) is 0 Å². The predicted molar refractivity (Wildman–Crippen MR) is 110 cm³/mol. The number of aromatic amines is 1. The maximum absolute atomic E-state index is 12.5. The molecule has 0 aliphatic rings. The minimum Gasteiger partial charge on any atom is -0.302 e. The van der Waals surface area contributed by atoms with Crippen molar-refractivity contribution in [1.82, 2.24) is 34.1 Å². The lowest BCUT2D eigenvalue weighted by Crippen LogP contribution is -2.18. The van der Waals surface area contributed by atoms with Gasteiger partial charge in [-0.1, -0.05) is 17.7 Å². The van der Waals surface area contributed by atoms with Crippen LogP contribution in [0.2, 0.25) is 5.15 Å². The Bertz CT molecular complexity index is 1490. The topological polar surface area (TPSA) is 118 Å². The molecule has 0 atom stereocenters. The molecule has 10 heteroatoms. The fourth-order valence-electron chi connectivity index (χ4n) is 3.32. The standard InChI is InChI=1S/C20H13ClN8O/c21-17-16-18(28(20(30)25-16)7-5-12-2-1-6-23-10-12)27-19(26-17)29-11-24-14-4-3-13(9-22)8-15(14)29/h1-4,6,8,10-11H,5,7H2,(H,25,30). The number of pyridine rings is 1. The van der Waals surface area contributed by atoms with Crippen LogP contribution in [0.15, 0.2) is 53.8 Å². The van der Waals surface area contributed by atoms with Crippen molar-refractivity contribution >= 4 is 33.8 Å². The van der Waals surface area contributed by atoms with Gasteiger partial charge in [-0.2, -0.15) is 15.2 Å². The first kappa shape index (κ1) is 18.0. The zero-order valence-corrected chi connectivity index (χ0v) is 16.2. The molecule has 0 unspecified atom stereocenters. The molecule has 4 aromatic heterocycles. The molecule has 0 saturated carbocycles. The van der Waals surface area contributed by atoms with Gasteiger partial charge in [0.25, 0.3) is 0 Å². The SMILES string of the molecule is N#Cc1ccc2ncn(-c3nc(Cl)c4[nH]c(=O)n(CCc5cccnc5)c4n3)c2c1. The van der Waals surface area contributed by atoms with E-state index in [4.69, 9.17) is 11.6 Å². The number of hydrogen-bond donors (Lipinski definition) is 1. The molecule has 30 heavy (non-hydrogen) atoms. The highest BCUT2D eigenvalue weighted by molar-refractivity contribution is 6.33. The first-order valence-corrected chi connectivity index (χ1v) is 9.44. The fraction of sp³-hybridized carbons (Fsp3) is 0.100. The van der Waals surface area contributed by atoms with Crippen molar-refractivity contribution in [2.45, 2.75) is 13.0 Å². The lowest BCUT2D eigenvalue weighted by Gasteiger charge is -2.06. The summed E-state index contributed by atoms with van der Waals surface area (Å²) < 4.78 is 3.17. The van der Waals surface area contributed by atoms with Crippen LogP contribution in [0.3, 0.4) is 0 Å². The van der Waals surface area contributed by atoms with Crippen molar-refractivity contribution in [3.8, 4) is 12.0 Å². The number of nitrogens with zero attached hydrogens (tertiary/aromatic N) is 7. The van der Waals surface area contributed by atoms with Gasteiger partial charge in [-0.3, -0.25) is 14.1 Å². The minimum atomic E-state index is -0.315. The quantitative estimate of drug-likeness (QED) is 0.450. The third-order valence-electron chi connectivity index (χ3n) is 4.81. The lowest BCUT2D eigenvalue weighted by atomic mass is 10.2. The number of nitrogens with one attached hydrogen (secondary N) is 1. The van der Waals surface area contributed by atoms with Gasteiger partial charge in [-0.15, -0.1) is 0 Å². The van der Waals surface area contributed by atoms with Gasteiger partial charge in [0.05, 0.1) is 22.7 Å². The molecular formula is C20H13ClN8O. The molecule has 0 aliphatic heterocycles. The van der Waals surface area contributed by atoms with Crippen molar-refractivity contribution in [2.24, 2.45) is 0 Å². The molecule has 0 saturated heterocycles. The van der Waals surface area contributed by atoms with E-state index in [0.29, 0.717) is 40.7 Å².